The lowest BCUT2D eigenvalue weighted by Gasteiger charge is -2.31. The van der Waals surface area contributed by atoms with E-state index in [1.54, 1.807) is 36.2 Å². The van der Waals surface area contributed by atoms with Gasteiger partial charge in [0, 0.05) is 29.2 Å². The van der Waals surface area contributed by atoms with E-state index in [2.05, 4.69) is 17.2 Å². The molecule has 0 bridgehead atoms. The first-order valence-electron chi connectivity index (χ1n) is 13.6. The number of aromatic carboxylic acids is 1. The predicted octanol–water partition coefficient (Wildman–Crippen LogP) is 7.01. The Balaban J connectivity index is 1.57. The number of aliphatic imine (C=N–C) groups is 1. The predicted molar refractivity (Wildman–Crippen MR) is 154 cm³/mol. The Bertz CT molecular complexity index is 1220. The smallest absolute Gasteiger partial charge is 0.348 e. The van der Waals surface area contributed by atoms with Gasteiger partial charge in [0.05, 0.1) is 5.69 Å². The SMILES string of the molecule is C/C=C(\N=C/CC)C(=O)Nc1ccc(-c2cc(N(CC3CC3)C(=O)[C@H]3CC[C@H](C)CC3)c(C(=O)O)s2)cc1. The molecule has 7 nitrogen and oxygen atoms in total. The fraction of sp³-hybridized carbons (Fsp3) is 0.467. The summed E-state index contributed by atoms with van der Waals surface area (Å²) in [5.41, 5.74) is 2.31. The van der Waals surface area contributed by atoms with Crippen LogP contribution < -0.4 is 10.2 Å². The zero-order valence-electron chi connectivity index (χ0n) is 22.4. The van der Waals surface area contributed by atoms with E-state index in [4.69, 9.17) is 0 Å². The standard InChI is InChI=1S/C30H37N3O4S/c1-4-16-31-24(5-2)28(34)32-23-14-12-21(13-15-23)26-17-25(27(38-26)30(36)37)33(18-20-8-9-20)29(35)22-10-6-19(3)7-11-22/h5,12-17,19-20,22H,4,6-11,18H2,1-3H3,(H,32,34)(H,36,37)/b24-5-,31-16-/t19-,22-. The number of carboxylic acid groups (broad SMARTS) is 1. The highest BCUT2D eigenvalue weighted by molar-refractivity contribution is 7.18. The quantitative estimate of drug-likeness (QED) is 0.253. The van der Waals surface area contributed by atoms with Gasteiger partial charge in [-0.15, -0.1) is 11.3 Å². The Labute approximate surface area is 228 Å². The summed E-state index contributed by atoms with van der Waals surface area (Å²) in [6.45, 7) is 6.54. The zero-order valence-corrected chi connectivity index (χ0v) is 23.2. The number of thiophene rings is 1. The average molecular weight is 536 g/mol. The molecule has 0 aliphatic heterocycles. The minimum Gasteiger partial charge on any atom is -0.477 e. The van der Waals surface area contributed by atoms with E-state index in [0.717, 1.165) is 55.4 Å². The van der Waals surface area contributed by atoms with E-state index < -0.39 is 5.97 Å². The molecule has 1 heterocycles. The highest BCUT2D eigenvalue weighted by atomic mass is 32.1. The third-order valence-corrected chi connectivity index (χ3v) is 8.47. The van der Waals surface area contributed by atoms with Crippen LogP contribution in [0.2, 0.25) is 0 Å². The summed E-state index contributed by atoms with van der Waals surface area (Å²) in [5, 5.41) is 12.9. The number of carbonyl (C=O) groups excluding carboxylic acids is 2. The van der Waals surface area contributed by atoms with Crippen molar-refractivity contribution in [1.82, 2.24) is 0 Å². The second-order valence-electron chi connectivity index (χ2n) is 10.4. The van der Waals surface area contributed by atoms with E-state index in [1.165, 1.54) is 11.3 Å². The summed E-state index contributed by atoms with van der Waals surface area (Å²) < 4.78 is 0. The number of carbonyl (C=O) groups is 3. The maximum absolute atomic E-state index is 13.7. The molecule has 1 aromatic carbocycles. The Kier molecular flexibility index (Phi) is 9.15. The molecule has 2 aromatic rings. The molecular formula is C30H37N3O4S. The van der Waals surface area contributed by atoms with Crippen LogP contribution in [0.25, 0.3) is 10.4 Å². The van der Waals surface area contributed by atoms with Crippen LogP contribution in [0.3, 0.4) is 0 Å². The van der Waals surface area contributed by atoms with Gasteiger partial charge in [0.1, 0.15) is 10.6 Å². The highest BCUT2D eigenvalue weighted by Gasteiger charge is 2.35. The lowest BCUT2D eigenvalue weighted by atomic mass is 9.82. The summed E-state index contributed by atoms with van der Waals surface area (Å²) in [6.07, 6.45) is 10.1. The zero-order chi connectivity index (χ0) is 27.2. The van der Waals surface area contributed by atoms with E-state index >= 15 is 0 Å². The van der Waals surface area contributed by atoms with Crippen molar-refractivity contribution < 1.29 is 19.5 Å². The van der Waals surface area contributed by atoms with Crippen molar-refractivity contribution in [1.29, 1.82) is 0 Å². The van der Waals surface area contributed by atoms with Crippen molar-refractivity contribution in [3.8, 4) is 10.4 Å². The van der Waals surface area contributed by atoms with Crippen molar-refractivity contribution in [3.05, 3.63) is 47.0 Å². The molecule has 0 radical (unpaired) electrons. The third-order valence-electron chi connectivity index (χ3n) is 7.31. The minimum atomic E-state index is -1.02. The van der Waals surface area contributed by atoms with Gasteiger partial charge >= 0.3 is 5.97 Å². The molecule has 2 fully saturated rings. The number of benzene rings is 1. The molecular weight excluding hydrogens is 498 g/mol. The van der Waals surface area contributed by atoms with Gasteiger partial charge in [-0.1, -0.05) is 32.1 Å². The van der Waals surface area contributed by atoms with Gasteiger partial charge in [-0.05, 0) is 87.5 Å². The van der Waals surface area contributed by atoms with Crippen molar-refractivity contribution in [2.45, 2.75) is 65.7 Å². The van der Waals surface area contributed by atoms with E-state index in [1.807, 2.05) is 25.1 Å². The van der Waals surface area contributed by atoms with Gasteiger partial charge in [0.2, 0.25) is 5.91 Å². The van der Waals surface area contributed by atoms with Gasteiger partial charge in [-0.3, -0.25) is 14.6 Å². The summed E-state index contributed by atoms with van der Waals surface area (Å²) in [4.78, 5) is 45.4. The van der Waals surface area contributed by atoms with Crippen LogP contribution in [0.4, 0.5) is 11.4 Å². The molecule has 0 saturated heterocycles. The molecule has 2 aliphatic carbocycles. The molecule has 0 unspecified atom stereocenters. The second kappa shape index (κ2) is 12.5. The first-order chi connectivity index (χ1) is 18.3. The highest BCUT2D eigenvalue weighted by Crippen LogP contribution is 2.41. The Morgan fingerprint density at radius 2 is 1.79 bits per heavy atom. The molecule has 0 spiro atoms. The molecule has 2 saturated carbocycles. The van der Waals surface area contributed by atoms with Crippen LogP contribution in [0, 0.1) is 17.8 Å². The summed E-state index contributed by atoms with van der Waals surface area (Å²) in [7, 11) is 0. The first-order valence-corrected chi connectivity index (χ1v) is 14.4. The Morgan fingerprint density at radius 3 is 2.37 bits per heavy atom. The van der Waals surface area contributed by atoms with Crippen LogP contribution in [-0.2, 0) is 9.59 Å². The number of anilines is 2. The Hall–Kier alpha value is -3.26. The van der Waals surface area contributed by atoms with Gasteiger partial charge < -0.3 is 15.3 Å². The monoisotopic (exact) mass is 535 g/mol. The van der Waals surface area contributed by atoms with Crippen LogP contribution in [0.1, 0.15) is 75.4 Å². The van der Waals surface area contributed by atoms with Crippen molar-refractivity contribution in [3.63, 3.8) is 0 Å². The molecule has 1 aromatic heterocycles. The number of nitrogens with zero attached hydrogens (tertiary/aromatic N) is 2. The van der Waals surface area contributed by atoms with Crippen molar-refractivity contribution in [2.24, 2.45) is 22.7 Å². The molecule has 2 N–H and O–H groups in total. The Morgan fingerprint density at radius 1 is 1.11 bits per heavy atom. The van der Waals surface area contributed by atoms with Crippen molar-refractivity contribution >= 4 is 46.7 Å². The number of rotatable bonds is 10. The van der Waals surface area contributed by atoms with E-state index in [0.29, 0.717) is 35.5 Å². The van der Waals surface area contributed by atoms with Crippen LogP contribution in [-0.4, -0.2) is 35.6 Å². The second-order valence-corrected chi connectivity index (χ2v) is 11.5. The fourth-order valence-electron chi connectivity index (χ4n) is 4.84. The number of hydrogen-bond donors (Lipinski definition) is 2. The van der Waals surface area contributed by atoms with Gasteiger partial charge in [0.15, 0.2) is 0 Å². The first kappa shape index (κ1) is 27.8. The molecule has 8 heteroatoms. The van der Waals surface area contributed by atoms with Crippen LogP contribution in [0.15, 0.2) is 47.1 Å². The normalized spacial score (nSPS) is 19.9. The summed E-state index contributed by atoms with van der Waals surface area (Å²) in [6, 6.07) is 9.15. The number of nitrogens with one attached hydrogen (secondary N) is 1. The van der Waals surface area contributed by atoms with Crippen LogP contribution >= 0.6 is 11.3 Å². The molecule has 202 valence electrons. The molecule has 38 heavy (non-hydrogen) atoms. The number of amides is 2. The summed E-state index contributed by atoms with van der Waals surface area (Å²) in [5.74, 6) is -0.195. The lowest BCUT2D eigenvalue weighted by Crippen LogP contribution is -2.39. The van der Waals surface area contributed by atoms with Gasteiger partial charge in [-0.2, -0.15) is 0 Å². The maximum Gasteiger partial charge on any atom is 0.348 e. The number of allylic oxidation sites excluding steroid dienone is 1. The van der Waals surface area contributed by atoms with E-state index in [9.17, 15) is 19.5 Å². The van der Waals surface area contributed by atoms with Crippen LogP contribution in [0.5, 0.6) is 0 Å². The van der Waals surface area contributed by atoms with E-state index in [-0.39, 0.29) is 22.6 Å². The molecule has 4 rings (SSSR count). The van der Waals surface area contributed by atoms with Crippen molar-refractivity contribution in [2.75, 3.05) is 16.8 Å². The average Bonchev–Trinajstić information content (AvgIpc) is 3.63. The lowest BCUT2D eigenvalue weighted by molar-refractivity contribution is -0.123. The number of hydrogen-bond acceptors (Lipinski definition) is 5. The van der Waals surface area contributed by atoms with Gasteiger partial charge in [-0.25, -0.2) is 4.79 Å². The molecule has 0 atom stereocenters. The third kappa shape index (κ3) is 6.78. The maximum atomic E-state index is 13.7. The topological polar surface area (TPSA) is 99.1 Å². The fourth-order valence-corrected chi connectivity index (χ4v) is 5.84. The largest absolute Gasteiger partial charge is 0.477 e. The summed E-state index contributed by atoms with van der Waals surface area (Å²) >= 11 is 1.19. The van der Waals surface area contributed by atoms with Gasteiger partial charge in [0.25, 0.3) is 5.91 Å². The minimum absolute atomic E-state index is 0.0402. The number of carboxylic acids is 1. The molecule has 2 aliphatic rings. The molecule has 2 amide bonds.